The Morgan fingerprint density at radius 3 is 2.60 bits per heavy atom. The Hall–Kier alpha value is -1.48. The minimum absolute atomic E-state index is 0.115. The number of nitrogens with zero attached hydrogens (tertiary/aromatic N) is 3. The molecule has 3 aliphatic rings. The molecule has 25 heavy (non-hydrogen) atoms. The Kier molecular flexibility index (Phi) is 4.77. The quantitative estimate of drug-likeness (QED) is 0.775. The van der Waals surface area contributed by atoms with E-state index in [4.69, 9.17) is 11.6 Å². The van der Waals surface area contributed by atoms with Gasteiger partial charge in [0.2, 0.25) is 5.91 Å². The largest absolute Gasteiger partial charge is 0.292 e. The number of hydrogen-bond acceptors (Lipinski definition) is 4. The second-order valence-corrected chi connectivity index (χ2v) is 8.27. The number of allylic oxidation sites excluding steroid dienone is 1. The number of halogens is 1. The third-order valence-corrected chi connectivity index (χ3v) is 6.85. The van der Waals surface area contributed by atoms with Gasteiger partial charge in [-0.15, -0.1) is 0 Å². The van der Waals surface area contributed by atoms with E-state index in [1.54, 1.807) is 11.8 Å². The minimum atomic E-state index is -0.161. The fraction of sp³-hybridized carbons (Fsp3) is 0.474. The van der Waals surface area contributed by atoms with Crippen LogP contribution in [0.15, 0.2) is 34.9 Å². The van der Waals surface area contributed by atoms with Crippen LogP contribution in [-0.4, -0.2) is 34.3 Å². The van der Waals surface area contributed by atoms with E-state index in [0.29, 0.717) is 24.2 Å². The molecule has 4 rings (SSSR count). The molecular formula is C19H20ClN3OS. The van der Waals surface area contributed by atoms with Gasteiger partial charge in [-0.3, -0.25) is 14.6 Å². The number of benzene rings is 1. The summed E-state index contributed by atoms with van der Waals surface area (Å²) in [5.74, 6) is 0.818. The molecule has 1 saturated heterocycles. The van der Waals surface area contributed by atoms with Gasteiger partial charge in [-0.1, -0.05) is 48.3 Å². The van der Waals surface area contributed by atoms with Crippen molar-refractivity contribution in [2.45, 2.75) is 44.1 Å². The third kappa shape index (κ3) is 3.19. The Morgan fingerprint density at radius 1 is 1.20 bits per heavy atom. The van der Waals surface area contributed by atoms with Crippen LogP contribution in [0.5, 0.6) is 0 Å². The summed E-state index contributed by atoms with van der Waals surface area (Å²) in [5.41, 5.74) is 1.71. The molecule has 1 saturated carbocycles. The van der Waals surface area contributed by atoms with E-state index in [1.165, 1.54) is 25.7 Å². The number of amides is 1. The maximum Gasteiger partial charge on any atom is 0.229 e. The first-order valence-electron chi connectivity index (χ1n) is 8.74. The highest BCUT2D eigenvalue weighted by Gasteiger charge is 2.39. The van der Waals surface area contributed by atoms with E-state index in [2.05, 4.69) is 11.0 Å². The van der Waals surface area contributed by atoms with Crippen LogP contribution in [0.25, 0.3) is 0 Å². The van der Waals surface area contributed by atoms with Crippen LogP contribution in [-0.2, 0) is 4.79 Å². The highest BCUT2D eigenvalue weighted by Crippen LogP contribution is 2.43. The fourth-order valence-corrected chi connectivity index (χ4v) is 5.42. The van der Waals surface area contributed by atoms with E-state index in [-0.39, 0.29) is 11.8 Å². The molecular weight excluding hydrogens is 354 g/mol. The Bertz CT molecular complexity index is 749. The Labute approximate surface area is 157 Å². The van der Waals surface area contributed by atoms with Crippen LogP contribution in [0.4, 0.5) is 0 Å². The van der Waals surface area contributed by atoms with Gasteiger partial charge in [0.05, 0.1) is 29.2 Å². The van der Waals surface area contributed by atoms with Crippen molar-refractivity contribution >= 4 is 29.3 Å². The molecule has 0 radical (unpaired) electrons. The molecule has 0 unspecified atom stereocenters. The van der Waals surface area contributed by atoms with E-state index >= 15 is 0 Å². The molecule has 1 atom stereocenters. The summed E-state index contributed by atoms with van der Waals surface area (Å²) in [6.07, 6.45) is 5.36. The number of rotatable bonds is 2. The minimum Gasteiger partial charge on any atom is -0.292 e. The van der Waals surface area contributed by atoms with Crippen LogP contribution in [0, 0.1) is 11.3 Å². The number of thioether (sulfide) groups is 1. The van der Waals surface area contributed by atoms with Gasteiger partial charge in [0.15, 0.2) is 0 Å². The lowest BCUT2D eigenvalue weighted by molar-refractivity contribution is -0.132. The van der Waals surface area contributed by atoms with Gasteiger partial charge in [0, 0.05) is 23.4 Å². The zero-order valence-corrected chi connectivity index (χ0v) is 15.5. The second-order valence-electron chi connectivity index (χ2n) is 6.90. The van der Waals surface area contributed by atoms with E-state index < -0.39 is 0 Å². The van der Waals surface area contributed by atoms with Gasteiger partial charge in [-0.25, -0.2) is 0 Å². The normalized spacial score (nSPS) is 25.2. The van der Waals surface area contributed by atoms with Crippen molar-refractivity contribution in [3.63, 3.8) is 0 Å². The molecule has 2 fully saturated rings. The predicted molar refractivity (Wildman–Crippen MR) is 99.7 cm³/mol. The standard InChI is InChI=1S/C19H20ClN3OS/c20-14-7-5-13(6-8-14)16-9-18(24)23-11-22(15-3-1-2-4-15)12-25-19(23)17(16)10-21/h5-8,15-16H,1-4,9,11-12H2/t16-/m0/s1. The summed E-state index contributed by atoms with van der Waals surface area (Å²) < 4.78 is 0. The first-order valence-corrected chi connectivity index (χ1v) is 10.1. The summed E-state index contributed by atoms with van der Waals surface area (Å²) in [4.78, 5) is 17.0. The van der Waals surface area contributed by atoms with Gasteiger partial charge in [-0.2, -0.15) is 5.26 Å². The first-order chi connectivity index (χ1) is 12.2. The lowest BCUT2D eigenvalue weighted by Gasteiger charge is -2.43. The molecule has 2 heterocycles. The molecule has 1 aliphatic carbocycles. The highest BCUT2D eigenvalue weighted by atomic mass is 35.5. The zero-order chi connectivity index (χ0) is 17.4. The molecule has 0 bridgehead atoms. The number of nitriles is 1. The van der Waals surface area contributed by atoms with Crippen LogP contribution in [0.1, 0.15) is 43.6 Å². The fourth-order valence-electron chi connectivity index (χ4n) is 4.06. The number of fused-ring (bicyclic) bond motifs is 1. The van der Waals surface area contributed by atoms with Crippen molar-refractivity contribution < 1.29 is 4.79 Å². The monoisotopic (exact) mass is 373 g/mol. The molecule has 0 N–H and O–H groups in total. The third-order valence-electron chi connectivity index (χ3n) is 5.43. The molecule has 1 amide bonds. The molecule has 0 aromatic heterocycles. The van der Waals surface area contributed by atoms with Crippen LogP contribution < -0.4 is 0 Å². The summed E-state index contributed by atoms with van der Waals surface area (Å²) in [5, 5.41) is 11.3. The average molecular weight is 374 g/mol. The smallest absolute Gasteiger partial charge is 0.229 e. The maximum atomic E-state index is 12.8. The van der Waals surface area contributed by atoms with E-state index in [1.807, 2.05) is 29.2 Å². The Morgan fingerprint density at radius 2 is 1.92 bits per heavy atom. The molecule has 1 aromatic carbocycles. The molecule has 4 nitrogen and oxygen atoms in total. The molecule has 1 aromatic rings. The van der Waals surface area contributed by atoms with Gasteiger partial charge < -0.3 is 0 Å². The van der Waals surface area contributed by atoms with Crippen LogP contribution in [0.3, 0.4) is 0 Å². The van der Waals surface area contributed by atoms with Gasteiger partial charge in [0.25, 0.3) is 0 Å². The van der Waals surface area contributed by atoms with Crippen molar-refractivity contribution in [3.8, 4) is 6.07 Å². The maximum absolute atomic E-state index is 12.8. The summed E-state index contributed by atoms with van der Waals surface area (Å²) in [6.45, 7) is 0.629. The predicted octanol–water partition coefficient (Wildman–Crippen LogP) is 4.30. The van der Waals surface area contributed by atoms with Crippen LogP contribution >= 0.6 is 23.4 Å². The first kappa shape index (κ1) is 17.0. The highest BCUT2D eigenvalue weighted by molar-refractivity contribution is 8.03. The molecule has 6 heteroatoms. The van der Waals surface area contributed by atoms with Gasteiger partial charge in [0.1, 0.15) is 0 Å². The molecule has 2 aliphatic heterocycles. The molecule has 0 spiro atoms. The number of carbonyl (C=O) groups excluding carboxylic acids is 1. The summed E-state index contributed by atoms with van der Waals surface area (Å²) in [6, 6.07) is 10.5. The number of carbonyl (C=O) groups is 1. The van der Waals surface area contributed by atoms with Gasteiger partial charge in [-0.05, 0) is 30.5 Å². The van der Waals surface area contributed by atoms with Crippen molar-refractivity contribution in [3.05, 3.63) is 45.5 Å². The van der Waals surface area contributed by atoms with Crippen molar-refractivity contribution in [2.24, 2.45) is 0 Å². The second kappa shape index (κ2) is 7.03. The summed E-state index contributed by atoms with van der Waals surface area (Å²) in [7, 11) is 0. The van der Waals surface area contributed by atoms with Crippen molar-refractivity contribution in [2.75, 3.05) is 12.5 Å². The van der Waals surface area contributed by atoms with Crippen molar-refractivity contribution in [1.82, 2.24) is 9.80 Å². The molecule has 130 valence electrons. The Balaban J connectivity index is 1.63. The topological polar surface area (TPSA) is 47.3 Å². The SMILES string of the molecule is N#CC1=C2SCN(C3CCCC3)CN2C(=O)C[C@H]1c1ccc(Cl)cc1. The lowest BCUT2D eigenvalue weighted by Crippen LogP contribution is -2.50. The van der Waals surface area contributed by atoms with E-state index in [9.17, 15) is 10.1 Å². The van der Waals surface area contributed by atoms with E-state index in [0.717, 1.165) is 22.0 Å². The zero-order valence-electron chi connectivity index (χ0n) is 13.9. The lowest BCUT2D eigenvalue weighted by atomic mass is 9.86. The van der Waals surface area contributed by atoms with Crippen LogP contribution in [0.2, 0.25) is 5.02 Å². The average Bonchev–Trinajstić information content (AvgIpc) is 3.17. The summed E-state index contributed by atoms with van der Waals surface area (Å²) >= 11 is 7.62. The van der Waals surface area contributed by atoms with Gasteiger partial charge >= 0.3 is 0 Å². The number of hydrogen-bond donors (Lipinski definition) is 0. The van der Waals surface area contributed by atoms with Crippen molar-refractivity contribution in [1.29, 1.82) is 5.26 Å².